The first-order valence-electron chi connectivity index (χ1n) is 10.5. The number of nitrogens with one attached hydrogen (secondary N) is 1. The highest BCUT2D eigenvalue weighted by molar-refractivity contribution is 5.81. The number of aromatic nitrogens is 2. The van der Waals surface area contributed by atoms with Crippen LogP contribution < -0.4 is 0 Å². The van der Waals surface area contributed by atoms with Gasteiger partial charge in [0.1, 0.15) is 23.2 Å². The fourth-order valence-corrected chi connectivity index (χ4v) is 4.54. The number of ether oxygens (including phenoxy) is 3. The Hall–Kier alpha value is -1.69. The zero-order valence-corrected chi connectivity index (χ0v) is 17.8. The van der Waals surface area contributed by atoms with Crippen molar-refractivity contribution < 1.29 is 32.2 Å². The highest BCUT2D eigenvalue weighted by Gasteiger charge is 2.48. The third-order valence-corrected chi connectivity index (χ3v) is 6.64. The lowest BCUT2D eigenvalue weighted by molar-refractivity contribution is -0.145. The Morgan fingerprint density at radius 2 is 2.10 bits per heavy atom. The third kappa shape index (κ3) is 4.89. The minimum absolute atomic E-state index is 0.0309. The van der Waals surface area contributed by atoms with Gasteiger partial charge in [-0.1, -0.05) is 0 Å². The summed E-state index contributed by atoms with van der Waals surface area (Å²) in [6.07, 6.45) is -2.20. The normalized spacial score (nSPS) is 29.6. The van der Waals surface area contributed by atoms with Crippen molar-refractivity contribution in [3.8, 4) is 0 Å². The molecule has 0 aromatic carbocycles. The zero-order chi connectivity index (χ0) is 22.3. The highest BCUT2D eigenvalue weighted by Crippen LogP contribution is 2.34. The molecule has 0 unspecified atom stereocenters. The van der Waals surface area contributed by atoms with Crippen molar-refractivity contribution in [2.75, 3.05) is 46.5 Å². The number of nitrogens with zero attached hydrogens (tertiary/aromatic N) is 3. The van der Waals surface area contributed by atoms with E-state index < -0.39 is 23.6 Å². The number of hydrogen-bond donors (Lipinski definition) is 1. The second kappa shape index (κ2) is 8.34. The molecule has 1 amide bonds. The van der Waals surface area contributed by atoms with E-state index in [9.17, 15) is 18.0 Å². The van der Waals surface area contributed by atoms with E-state index in [4.69, 9.17) is 14.2 Å². The number of rotatable bonds is 4. The van der Waals surface area contributed by atoms with Crippen molar-refractivity contribution >= 4 is 5.91 Å². The fourth-order valence-electron chi connectivity index (χ4n) is 4.54. The SMILES string of the molecule is COC1(C)CCN(C(=O)[C@H]2C[C@]3(CO2)CN(Cc2ncc(C(F)(F)F)[nH]2)CCO3)CC1. The lowest BCUT2D eigenvalue weighted by Crippen LogP contribution is -2.53. The van der Waals surface area contributed by atoms with Gasteiger partial charge >= 0.3 is 6.18 Å². The van der Waals surface area contributed by atoms with Gasteiger partial charge in [0.15, 0.2) is 0 Å². The molecule has 8 nitrogen and oxygen atoms in total. The number of piperidine rings is 1. The number of imidazole rings is 1. The number of amides is 1. The molecular formula is C20H29F3N4O4. The van der Waals surface area contributed by atoms with Crippen LogP contribution in [0.5, 0.6) is 0 Å². The van der Waals surface area contributed by atoms with Crippen molar-refractivity contribution in [1.29, 1.82) is 0 Å². The second-order valence-corrected chi connectivity index (χ2v) is 8.97. The molecule has 31 heavy (non-hydrogen) atoms. The zero-order valence-electron chi connectivity index (χ0n) is 17.8. The molecule has 0 bridgehead atoms. The van der Waals surface area contributed by atoms with E-state index in [-0.39, 0.29) is 30.5 Å². The molecule has 0 aliphatic carbocycles. The lowest BCUT2D eigenvalue weighted by atomic mass is 9.92. The monoisotopic (exact) mass is 446 g/mol. The van der Waals surface area contributed by atoms with Gasteiger partial charge in [-0.2, -0.15) is 13.2 Å². The van der Waals surface area contributed by atoms with Crippen molar-refractivity contribution in [2.24, 2.45) is 0 Å². The molecule has 1 aromatic rings. The Labute approximate surface area is 179 Å². The van der Waals surface area contributed by atoms with E-state index in [1.165, 1.54) is 0 Å². The van der Waals surface area contributed by atoms with Crippen LogP contribution in [0.15, 0.2) is 6.20 Å². The fraction of sp³-hybridized carbons (Fsp3) is 0.800. The van der Waals surface area contributed by atoms with E-state index in [2.05, 4.69) is 16.9 Å². The molecule has 3 saturated heterocycles. The smallest absolute Gasteiger partial charge is 0.378 e. The van der Waals surface area contributed by atoms with Crippen LogP contribution in [0.1, 0.15) is 37.7 Å². The molecule has 174 valence electrons. The van der Waals surface area contributed by atoms with Crippen LogP contribution in [-0.4, -0.2) is 89.5 Å². The molecule has 0 radical (unpaired) electrons. The van der Waals surface area contributed by atoms with E-state index in [1.54, 1.807) is 7.11 Å². The molecule has 3 aliphatic heterocycles. The summed E-state index contributed by atoms with van der Waals surface area (Å²) in [5, 5.41) is 0. The number of morpholine rings is 1. The summed E-state index contributed by atoms with van der Waals surface area (Å²) >= 11 is 0. The van der Waals surface area contributed by atoms with Crippen LogP contribution in [0.2, 0.25) is 0 Å². The van der Waals surface area contributed by atoms with Crippen molar-refractivity contribution in [1.82, 2.24) is 19.8 Å². The van der Waals surface area contributed by atoms with Crippen LogP contribution in [0.3, 0.4) is 0 Å². The molecule has 1 aromatic heterocycles. The summed E-state index contributed by atoms with van der Waals surface area (Å²) < 4.78 is 55.8. The highest BCUT2D eigenvalue weighted by atomic mass is 19.4. The number of hydrogen-bond acceptors (Lipinski definition) is 6. The molecule has 3 fully saturated rings. The number of halogens is 3. The maximum atomic E-state index is 13.0. The Morgan fingerprint density at radius 1 is 1.35 bits per heavy atom. The number of H-pyrrole nitrogens is 1. The standard InChI is InChI=1S/C20H29F3N4O4/c1-18(29-2)3-5-27(6-4-18)17(28)14-9-19(13-30-14)12-26(7-8-31-19)11-16-24-10-15(25-16)20(21,22)23/h10,14H,3-9,11-13H2,1-2H3,(H,24,25)/t14-,19-/m1/s1. The quantitative estimate of drug-likeness (QED) is 0.760. The Balaban J connectivity index is 1.33. The first kappa shape index (κ1) is 22.5. The molecule has 1 N–H and O–H groups in total. The van der Waals surface area contributed by atoms with Gasteiger partial charge < -0.3 is 24.1 Å². The van der Waals surface area contributed by atoms with Crippen molar-refractivity contribution in [2.45, 2.75) is 56.2 Å². The Kier molecular flexibility index (Phi) is 6.06. The maximum absolute atomic E-state index is 13.0. The molecular weight excluding hydrogens is 417 g/mol. The van der Waals surface area contributed by atoms with Gasteiger partial charge in [0.05, 0.1) is 31.6 Å². The average Bonchev–Trinajstić information content (AvgIpc) is 3.36. The van der Waals surface area contributed by atoms with E-state index in [0.717, 1.165) is 19.0 Å². The maximum Gasteiger partial charge on any atom is 0.432 e. The van der Waals surface area contributed by atoms with Gasteiger partial charge in [0.25, 0.3) is 5.91 Å². The lowest BCUT2D eigenvalue weighted by Gasteiger charge is -2.40. The van der Waals surface area contributed by atoms with Crippen LogP contribution in [0, 0.1) is 0 Å². The summed E-state index contributed by atoms with van der Waals surface area (Å²) in [4.78, 5) is 23.0. The minimum atomic E-state index is -4.44. The minimum Gasteiger partial charge on any atom is -0.378 e. The van der Waals surface area contributed by atoms with Gasteiger partial charge in [-0.05, 0) is 19.8 Å². The number of aromatic amines is 1. The number of methoxy groups -OCH3 is 1. The molecule has 2 atom stereocenters. The van der Waals surface area contributed by atoms with Crippen molar-refractivity contribution in [3.63, 3.8) is 0 Å². The topological polar surface area (TPSA) is 79.9 Å². The number of likely N-dealkylation sites (tertiary alicyclic amines) is 1. The summed E-state index contributed by atoms with van der Waals surface area (Å²) in [7, 11) is 1.69. The predicted molar refractivity (Wildman–Crippen MR) is 103 cm³/mol. The van der Waals surface area contributed by atoms with Crippen LogP contribution in [0.25, 0.3) is 0 Å². The van der Waals surface area contributed by atoms with Gasteiger partial charge in [-0.15, -0.1) is 0 Å². The van der Waals surface area contributed by atoms with Gasteiger partial charge in [-0.3, -0.25) is 9.69 Å². The molecule has 11 heteroatoms. The first-order valence-corrected chi connectivity index (χ1v) is 10.5. The Morgan fingerprint density at radius 3 is 2.74 bits per heavy atom. The van der Waals surface area contributed by atoms with Gasteiger partial charge in [0, 0.05) is 39.7 Å². The number of carbonyl (C=O) groups excluding carboxylic acids is 1. The van der Waals surface area contributed by atoms with Crippen LogP contribution in [0.4, 0.5) is 13.2 Å². The summed E-state index contributed by atoms with van der Waals surface area (Å²) in [5.41, 5.74) is -1.68. The van der Waals surface area contributed by atoms with Crippen molar-refractivity contribution in [3.05, 3.63) is 17.7 Å². The molecule has 4 heterocycles. The first-order chi connectivity index (χ1) is 14.6. The molecule has 3 aliphatic rings. The molecule has 0 saturated carbocycles. The van der Waals surface area contributed by atoms with Gasteiger partial charge in [-0.25, -0.2) is 4.98 Å². The second-order valence-electron chi connectivity index (χ2n) is 8.97. The molecule has 1 spiro atoms. The number of alkyl halides is 3. The average molecular weight is 446 g/mol. The number of carbonyl (C=O) groups is 1. The predicted octanol–water partition coefficient (Wildman–Crippen LogP) is 1.82. The van der Waals surface area contributed by atoms with E-state index in [0.29, 0.717) is 39.2 Å². The van der Waals surface area contributed by atoms with E-state index in [1.807, 2.05) is 9.80 Å². The molecule has 4 rings (SSSR count). The summed E-state index contributed by atoms with van der Waals surface area (Å²) in [6.45, 7) is 5.32. The largest absolute Gasteiger partial charge is 0.432 e. The van der Waals surface area contributed by atoms with Crippen LogP contribution >= 0.6 is 0 Å². The summed E-state index contributed by atoms with van der Waals surface area (Å²) in [5.74, 6) is 0.224. The summed E-state index contributed by atoms with van der Waals surface area (Å²) in [6, 6.07) is 0. The van der Waals surface area contributed by atoms with Gasteiger partial charge in [0.2, 0.25) is 0 Å². The Bertz CT molecular complexity index is 794. The van der Waals surface area contributed by atoms with Crippen LogP contribution in [-0.2, 0) is 31.7 Å². The third-order valence-electron chi connectivity index (χ3n) is 6.64. The van der Waals surface area contributed by atoms with E-state index >= 15 is 0 Å².